The van der Waals surface area contributed by atoms with Crippen LogP contribution in [-0.2, 0) is 11.8 Å². The number of benzene rings is 1. The zero-order valence-electron chi connectivity index (χ0n) is 11.0. The minimum atomic E-state index is -0.957. The molecule has 0 saturated heterocycles. The van der Waals surface area contributed by atoms with Crippen molar-refractivity contribution in [3.8, 4) is 0 Å². The highest BCUT2D eigenvalue weighted by molar-refractivity contribution is 9.10. The Balaban J connectivity index is 2.22. The van der Waals surface area contributed by atoms with Crippen LogP contribution in [0.25, 0.3) is 0 Å². The van der Waals surface area contributed by atoms with Crippen molar-refractivity contribution in [2.75, 3.05) is 5.32 Å². The topological polar surface area (TPSA) is 116 Å². The molecule has 110 valence electrons. The maximum absolute atomic E-state index is 12.1. The van der Waals surface area contributed by atoms with E-state index in [1.807, 2.05) is 0 Å². The van der Waals surface area contributed by atoms with E-state index in [1.54, 1.807) is 19.3 Å². The molecule has 0 aliphatic rings. The van der Waals surface area contributed by atoms with Crippen molar-refractivity contribution in [2.45, 2.75) is 6.04 Å². The summed E-state index contributed by atoms with van der Waals surface area (Å²) in [5.74, 6) is -0.548. The van der Waals surface area contributed by atoms with Gasteiger partial charge in [0.05, 0.1) is 11.1 Å². The fourth-order valence-electron chi connectivity index (χ4n) is 1.72. The third-order valence-electron chi connectivity index (χ3n) is 2.78. The molecule has 0 spiro atoms. The highest BCUT2D eigenvalue weighted by Crippen LogP contribution is 2.28. The van der Waals surface area contributed by atoms with Gasteiger partial charge in [-0.2, -0.15) is 5.10 Å². The van der Waals surface area contributed by atoms with Crippen molar-refractivity contribution in [3.05, 3.63) is 50.7 Å². The Hall–Kier alpha value is -2.26. The lowest BCUT2D eigenvalue weighted by Gasteiger charge is -2.11. The first-order valence-corrected chi connectivity index (χ1v) is 6.66. The number of nitrogens with zero attached hydrogens (tertiary/aromatic N) is 3. The first-order valence-electron chi connectivity index (χ1n) is 5.87. The summed E-state index contributed by atoms with van der Waals surface area (Å²) in [7, 11) is 1.70. The molecule has 3 N–H and O–H groups in total. The number of amides is 1. The fraction of sp³-hybridized carbons (Fsp3) is 0.167. The average molecular weight is 354 g/mol. The molecule has 8 nitrogen and oxygen atoms in total. The largest absolute Gasteiger partial charge is 0.319 e. The lowest BCUT2D eigenvalue weighted by atomic mass is 10.1. The smallest absolute Gasteiger partial charge is 0.293 e. The predicted molar refractivity (Wildman–Crippen MR) is 79.6 cm³/mol. The van der Waals surface area contributed by atoms with Crippen molar-refractivity contribution in [2.24, 2.45) is 12.8 Å². The molecule has 9 heteroatoms. The van der Waals surface area contributed by atoms with E-state index >= 15 is 0 Å². The third-order valence-corrected chi connectivity index (χ3v) is 3.27. The van der Waals surface area contributed by atoms with Crippen LogP contribution in [0.3, 0.4) is 0 Å². The number of nitrogens with one attached hydrogen (secondary N) is 1. The first kappa shape index (κ1) is 15.1. The van der Waals surface area contributed by atoms with Crippen LogP contribution in [0, 0.1) is 10.1 Å². The van der Waals surface area contributed by atoms with Gasteiger partial charge in [-0.1, -0.05) is 15.9 Å². The summed E-state index contributed by atoms with van der Waals surface area (Å²) in [6.07, 6.45) is 3.08. The summed E-state index contributed by atoms with van der Waals surface area (Å²) in [5, 5.41) is 17.4. The molecule has 0 saturated carbocycles. The zero-order chi connectivity index (χ0) is 15.6. The highest BCUT2D eigenvalue weighted by atomic mass is 79.9. The summed E-state index contributed by atoms with van der Waals surface area (Å²) in [4.78, 5) is 22.5. The van der Waals surface area contributed by atoms with Gasteiger partial charge in [-0.05, 0) is 12.1 Å². The van der Waals surface area contributed by atoms with Crippen molar-refractivity contribution in [1.82, 2.24) is 9.78 Å². The van der Waals surface area contributed by atoms with Gasteiger partial charge in [-0.3, -0.25) is 19.6 Å². The van der Waals surface area contributed by atoms with E-state index in [4.69, 9.17) is 5.73 Å². The molecule has 0 aliphatic carbocycles. The molecule has 1 heterocycles. The number of aryl methyl sites for hydroxylation is 1. The van der Waals surface area contributed by atoms with Gasteiger partial charge in [0.25, 0.3) is 5.69 Å². The molecule has 1 aromatic heterocycles. The van der Waals surface area contributed by atoms with Crippen LogP contribution in [0.2, 0.25) is 0 Å². The number of anilines is 1. The molecular formula is C12H12BrN5O3. The van der Waals surface area contributed by atoms with Gasteiger partial charge in [-0.15, -0.1) is 0 Å². The van der Waals surface area contributed by atoms with Gasteiger partial charge in [0.1, 0.15) is 11.7 Å². The lowest BCUT2D eigenvalue weighted by molar-refractivity contribution is -0.384. The van der Waals surface area contributed by atoms with Crippen molar-refractivity contribution in [1.29, 1.82) is 0 Å². The van der Waals surface area contributed by atoms with Crippen molar-refractivity contribution >= 4 is 33.2 Å². The second-order valence-electron chi connectivity index (χ2n) is 4.33. The molecular weight excluding hydrogens is 342 g/mol. The number of rotatable bonds is 4. The van der Waals surface area contributed by atoms with Gasteiger partial charge in [0.2, 0.25) is 5.91 Å². The second-order valence-corrected chi connectivity index (χ2v) is 5.25. The minimum Gasteiger partial charge on any atom is -0.319 e. The molecule has 1 atom stereocenters. The molecule has 1 amide bonds. The number of hydrogen-bond acceptors (Lipinski definition) is 5. The van der Waals surface area contributed by atoms with Crippen LogP contribution in [0.1, 0.15) is 11.6 Å². The van der Waals surface area contributed by atoms with E-state index in [9.17, 15) is 14.9 Å². The summed E-state index contributed by atoms with van der Waals surface area (Å²) < 4.78 is 2.06. The van der Waals surface area contributed by atoms with Crippen LogP contribution < -0.4 is 11.1 Å². The molecule has 0 aliphatic heterocycles. The molecule has 0 radical (unpaired) electrons. The highest BCUT2D eigenvalue weighted by Gasteiger charge is 2.21. The summed E-state index contributed by atoms with van der Waals surface area (Å²) in [5.41, 5.74) is 6.21. The fourth-order valence-corrected chi connectivity index (χ4v) is 2.07. The molecule has 21 heavy (non-hydrogen) atoms. The number of halogens is 1. The van der Waals surface area contributed by atoms with Gasteiger partial charge in [0.15, 0.2) is 0 Å². The van der Waals surface area contributed by atoms with E-state index in [0.29, 0.717) is 10.0 Å². The molecule has 0 fully saturated rings. The van der Waals surface area contributed by atoms with Crippen LogP contribution in [0.15, 0.2) is 35.1 Å². The Morgan fingerprint density at radius 2 is 2.29 bits per heavy atom. The van der Waals surface area contributed by atoms with E-state index < -0.39 is 16.9 Å². The minimum absolute atomic E-state index is 0.0903. The number of nitro groups is 1. The van der Waals surface area contributed by atoms with Crippen LogP contribution in [-0.4, -0.2) is 20.6 Å². The van der Waals surface area contributed by atoms with Gasteiger partial charge in [-0.25, -0.2) is 0 Å². The maximum atomic E-state index is 12.1. The normalized spacial score (nSPS) is 12.0. The van der Waals surface area contributed by atoms with Gasteiger partial charge in [0, 0.05) is 29.3 Å². The lowest BCUT2D eigenvalue weighted by Crippen LogP contribution is -2.27. The number of carbonyl (C=O) groups excluding carboxylic acids is 1. The second kappa shape index (κ2) is 6.02. The Morgan fingerprint density at radius 1 is 1.57 bits per heavy atom. The predicted octanol–water partition coefficient (Wildman–Crippen LogP) is 1.73. The number of carbonyl (C=O) groups is 1. The molecule has 1 aromatic carbocycles. The molecule has 2 aromatic rings. The van der Waals surface area contributed by atoms with E-state index in [0.717, 1.165) is 0 Å². The summed E-state index contributed by atoms with van der Waals surface area (Å²) in [6, 6.07) is 3.39. The van der Waals surface area contributed by atoms with E-state index in [-0.39, 0.29) is 11.4 Å². The van der Waals surface area contributed by atoms with E-state index in [1.165, 1.54) is 23.0 Å². The Bertz CT molecular complexity index is 700. The van der Waals surface area contributed by atoms with Crippen molar-refractivity contribution in [3.63, 3.8) is 0 Å². The molecule has 1 unspecified atom stereocenters. The zero-order valence-corrected chi connectivity index (χ0v) is 12.6. The van der Waals surface area contributed by atoms with Crippen LogP contribution in [0.4, 0.5) is 11.4 Å². The van der Waals surface area contributed by atoms with Crippen LogP contribution in [0.5, 0.6) is 0 Å². The first-order chi connectivity index (χ1) is 9.88. The van der Waals surface area contributed by atoms with E-state index in [2.05, 4.69) is 26.3 Å². The average Bonchev–Trinajstić information content (AvgIpc) is 2.86. The quantitative estimate of drug-likeness (QED) is 0.641. The number of aromatic nitrogens is 2. The maximum Gasteiger partial charge on any atom is 0.293 e. The molecule has 0 bridgehead atoms. The summed E-state index contributed by atoms with van der Waals surface area (Å²) in [6.45, 7) is 0. The number of hydrogen-bond donors (Lipinski definition) is 2. The Kier molecular flexibility index (Phi) is 4.34. The number of nitrogens with two attached hydrogens (primary N) is 1. The monoisotopic (exact) mass is 353 g/mol. The van der Waals surface area contributed by atoms with Gasteiger partial charge < -0.3 is 11.1 Å². The standard InChI is InChI=1S/C12H12BrN5O3/c1-17-6-7(5-15-17)11(14)12(19)16-9-3-2-8(13)4-10(9)18(20)21/h2-6,11H,14H2,1H3,(H,16,19). The SMILES string of the molecule is Cn1cc(C(N)C(=O)Nc2ccc(Br)cc2[N+](=O)[O-])cn1. The van der Waals surface area contributed by atoms with Crippen molar-refractivity contribution < 1.29 is 9.72 Å². The summed E-state index contributed by atoms with van der Waals surface area (Å²) >= 11 is 3.15. The Labute approximate surface area is 128 Å². The van der Waals surface area contributed by atoms with Crippen LogP contribution >= 0.6 is 15.9 Å². The molecule has 2 rings (SSSR count). The number of nitro benzene ring substituents is 1. The van der Waals surface area contributed by atoms with Gasteiger partial charge >= 0.3 is 0 Å². The Morgan fingerprint density at radius 3 is 2.86 bits per heavy atom. The third kappa shape index (κ3) is 3.44.